The number of benzene rings is 1. The van der Waals surface area contributed by atoms with Crippen molar-refractivity contribution in [3.63, 3.8) is 0 Å². The lowest BCUT2D eigenvalue weighted by molar-refractivity contribution is 0.262. The molecule has 1 aromatic rings. The SMILES string of the molecule is CCc1ccc(CCNCO)cc1. The van der Waals surface area contributed by atoms with Crippen LogP contribution in [0.1, 0.15) is 18.1 Å². The zero-order chi connectivity index (χ0) is 9.52. The van der Waals surface area contributed by atoms with E-state index < -0.39 is 0 Å². The molecule has 0 bridgehead atoms. The standard InChI is InChI=1S/C11H17NO/c1-2-10-3-5-11(6-4-10)7-8-12-9-13/h3-6,12-13H,2,7-9H2,1H3. The summed E-state index contributed by atoms with van der Waals surface area (Å²) in [7, 11) is 0. The summed E-state index contributed by atoms with van der Waals surface area (Å²) in [5.74, 6) is 0. The molecule has 0 amide bonds. The first-order chi connectivity index (χ1) is 6.36. The molecule has 1 rings (SSSR count). The monoisotopic (exact) mass is 179 g/mol. The van der Waals surface area contributed by atoms with Crippen LogP contribution in [0.4, 0.5) is 0 Å². The summed E-state index contributed by atoms with van der Waals surface area (Å²) >= 11 is 0. The van der Waals surface area contributed by atoms with E-state index in [4.69, 9.17) is 5.11 Å². The van der Waals surface area contributed by atoms with Gasteiger partial charge in [-0.2, -0.15) is 0 Å². The van der Waals surface area contributed by atoms with Crippen LogP contribution in [0.2, 0.25) is 0 Å². The lowest BCUT2D eigenvalue weighted by Crippen LogP contribution is -2.17. The Morgan fingerprint density at radius 2 is 1.77 bits per heavy atom. The maximum Gasteiger partial charge on any atom is 0.0931 e. The summed E-state index contributed by atoms with van der Waals surface area (Å²) in [4.78, 5) is 0. The van der Waals surface area contributed by atoms with Gasteiger partial charge in [0.2, 0.25) is 0 Å². The molecule has 13 heavy (non-hydrogen) atoms. The Balaban J connectivity index is 2.40. The molecule has 0 aliphatic carbocycles. The van der Waals surface area contributed by atoms with E-state index in [1.807, 2.05) is 0 Å². The number of rotatable bonds is 5. The highest BCUT2D eigenvalue weighted by Gasteiger charge is 1.92. The Kier molecular flexibility index (Phi) is 4.50. The summed E-state index contributed by atoms with van der Waals surface area (Å²) in [5, 5.41) is 11.4. The number of hydrogen-bond acceptors (Lipinski definition) is 2. The van der Waals surface area contributed by atoms with Crippen LogP contribution >= 0.6 is 0 Å². The Labute approximate surface area is 79.6 Å². The van der Waals surface area contributed by atoms with Crippen molar-refractivity contribution in [2.24, 2.45) is 0 Å². The van der Waals surface area contributed by atoms with Gasteiger partial charge >= 0.3 is 0 Å². The molecule has 2 heteroatoms. The molecule has 0 saturated heterocycles. The van der Waals surface area contributed by atoms with Gasteiger partial charge in [-0.1, -0.05) is 31.2 Å². The van der Waals surface area contributed by atoms with E-state index in [1.54, 1.807) is 0 Å². The van der Waals surface area contributed by atoms with Gasteiger partial charge < -0.3 is 5.11 Å². The molecule has 2 nitrogen and oxygen atoms in total. The van der Waals surface area contributed by atoms with E-state index in [-0.39, 0.29) is 6.73 Å². The molecule has 0 fully saturated rings. The van der Waals surface area contributed by atoms with E-state index in [2.05, 4.69) is 36.5 Å². The molecule has 0 radical (unpaired) electrons. The predicted octanol–water partition coefficient (Wildman–Crippen LogP) is 1.33. The smallest absolute Gasteiger partial charge is 0.0931 e. The van der Waals surface area contributed by atoms with Crippen molar-refractivity contribution in [1.82, 2.24) is 5.32 Å². The van der Waals surface area contributed by atoms with Gasteiger partial charge in [-0.3, -0.25) is 5.32 Å². The van der Waals surface area contributed by atoms with E-state index in [0.29, 0.717) is 0 Å². The third-order valence-corrected chi connectivity index (χ3v) is 2.13. The molecule has 2 N–H and O–H groups in total. The van der Waals surface area contributed by atoms with Crippen LogP contribution in [0.15, 0.2) is 24.3 Å². The molecule has 0 spiro atoms. The zero-order valence-corrected chi connectivity index (χ0v) is 8.09. The highest BCUT2D eigenvalue weighted by molar-refractivity contribution is 5.22. The Hall–Kier alpha value is -0.860. The van der Waals surface area contributed by atoms with Gasteiger partial charge in [0, 0.05) is 6.54 Å². The van der Waals surface area contributed by atoms with E-state index in [9.17, 15) is 0 Å². The van der Waals surface area contributed by atoms with Crippen LogP contribution in [-0.4, -0.2) is 18.4 Å². The van der Waals surface area contributed by atoms with E-state index in [1.165, 1.54) is 11.1 Å². The molecule has 72 valence electrons. The van der Waals surface area contributed by atoms with Gasteiger partial charge in [0.25, 0.3) is 0 Å². The summed E-state index contributed by atoms with van der Waals surface area (Å²) in [6, 6.07) is 8.62. The molecular formula is C11H17NO. The topological polar surface area (TPSA) is 32.3 Å². The minimum absolute atomic E-state index is 0.0625. The van der Waals surface area contributed by atoms with Crippen LogP contribution in [0.25, 0.3) is 0 Å². The molecule has 1 aromatic carbocycles. The van der Waals surface area contributed by atoms with Crippen molar-refractivity contribution in [2.45, 2.75) is 19.8 Å². The molecule has 0 unspecified atom stereocenters. The molecule has 0 aliphatic rings. The fraction of sp³-hybridized carbons (Fsp3) is 0.455. The Bertz CT molecular complexity index is 230. The molecule has 0 heterocycles. The van der Waals surface area contributed by atoms with Crippen LogP contribution in [0, 0.1) is 0 Å². The number of aliphatic hydroxyl groups is 1. The van der Waals surface area contributed by atoms with Crippen molar-refractivity contribution < 1.29 is 5.11 Å². The maximum absolute atomic E-state index is 8.52. The number of hydrogen-bond donors (Lipinski definition) is 2. The predicted molar refractivity (Wildman–Crippen MR) is 54.6 cm³/mol. The molecule has 0 aromatic heterocycles. The second-order valence-corrected chi connectivity index (χ2v) is 3.08. The third-order valence-electron chi connectivity index (χ3n) is 2.13. The van der Waals surface area contributed by atoms with Crippen LogP contribution in [-0.2, 0) is 12.8 Å². The van der Waals surface area contributed by atoms with Gasteiger partial charge in [-0.15, -0.1) is 0 Å². The van der Waals surface area contributed by atoms with Crippen LogP contribution in [0.3, 0.4) is 0 Å². The first-order valence-corrected chi connectivity index (χ1v) is 4.76. The number of aliphatic hydroxyl groups excluding tert-OH is 1. The lowest BCUT2D eigenvalue weighted by atomic mass is 10.1. The lowest BCUT2D eigenvalue weighted by Gasteiger charge is -2.02. The second-order valence-electron chi connectivity index (χ2n) is 3.08. The second kappa shape index (κ2) is 5.73. The molecule has 0 saturated carbocycles. The first-order valence-electron chi connectivity index (χ1n) is 4.76. The van der Waals surface area contributed by atoms with Gasteiger partial charge in [0.05, 0.1) is 6.73 Å². The van der Waals surface area contributed by atoms with Crippen LogP contribution < -0.4 is 5.32 Å². The fourth-order valence-corrected chi connectivity index (χ4v) is 1.25. The van der Waals surface area contributed by atoms with Crippen molar-refractivity contribution >= 4 is 0 Å². The minimum atomic E-state index is 0.0625. The average Bonchev–Trinajstić information content (AvgIpc) is 2.19. The number of nitrogens with one attached hydrogen (secondary N) is 1. The summed E-state index contributed by atoms with van der Waals surface area (Å²) < 4.78 is 0. The normalized spacial score (nSPS) is 10.3. The van der Waals surface area contributed by atoms with Gasteiger partial charge in [-0.25, -0.2) is 0 Å². The minimum Gasteiger partial charge on any atom is -0.381 e. The van der Waals surface area contributed by atoms with Crippen molar-refractivity contribution in [2.75, 3.05) is 13.3 Å². The van der Waals surface area contributed by atoms with Crippen molar-refractivity contribution in [3.8, 4) is 0 Å². The highest BCUT2D eigenvalue weighted by atomic mass is 16.3. The van der Waals surface area contributed by atoms with Gasteiger partial charge in [0.1, 0.15) is 0 Å². The van der Waals surface area contributed by atoms with E-state index in [0.717, 1.165) is 19.4 Å². The van der Waals surface area contributed by atoms with Crippen LogP contribution in [0.5, 0.6) is 0 Å². The Morgan fingerprint density at radius 1 is 1.15 bits per heavy atom. The molecule has 0 atom stereocenters. The highest BCUT2D eigenvalue weighted by Crippen LogP contribution is 2.04. The summed E-state index contributed by atoms with van der Waals surface area (Å²) in [5.41, 5.74) is 2.69. The number of aryl methyl sites for hydroxylation is 1. The Morgan fingerprint density at radius 3 is 2.31 bits per heavy atom. The summed E-state index contributed by atoms with van der Waals surface area (Å²) in [6.45, 7) is 3.05. The first kappa shape index (κ1) is 10.2. The maximum atomic E-state index is 8.52. The quantitative estimate of drug-likeness (QED) is 0.528. The third kappa shape index (κ3) is 3.57. The van der Waals surface area contributed by atoms with Gasteiger partial charge in [-0.05, 0) is 24.0 Å². The van der Waals surface area contributed by atoms with Crippen molar-refractivity contribution in [1.29, 1.82) is 0 Å². The zero-order valence-electron chi connectivity index (χ0n) is 8.09. The van der Waals surface area contributed by atoms with Crippen molar-refractivity contribution in [3.05, 3.63) is 35.4 Å². The fourth-order valence-electron chi connectivity index (χ4n) is 1.25. The summed E-state index contributed by atoms with van der Waals surface area (Å²) in [6.07, 6.45) is 2.07. The molecular weight excluding hydrogens is 162 g/mol. The van der Waals surface area contributed by atoms with Gasteiger partial charge in [0.15, 0.2) is 0 Å². The average molecular weight is 179 g/mol. The largest absolute Gasteiger partial charge is 0.381 e. The molecule has 0 aliphatic heterocycles. The van der Waals surface area contributed by atoms with E-state index >= 15 is 0 Å².